The van der Waals surface area contributed by atoms with Crippen molar-refractivity contribution in [2.24, 2.45) is 5.73 Å². The molecule has 0 aromatic carbocycles. The van der Waals surface area contributed by atoms with Gasteiger partial charge in [-0.05, 0) is 35.0 Å². The maximum atomic E-state index is 11.3. The van der Waals surface area contributed by atoms with E-state index in [1.165, 1.54) is 12.3 Å². The lowest BCUT2D eigenvalue weighted by atomic mass is 10.0. The lowest BCUT2D eigenvalue weighted by Gasteiger charge is -2.16. The van der Waals surface area contributed by atoms with Gasteiger partial charge in [-0.15, -0.1) is 0 Å². The fraction of sp³-hybridized carbons (Fsp3) is 0.444. The van der Waals surface area contributed by atoms with Gasteiger partial charge in [-0.3, -0.25) is 4.79 Å². The minimum Gasteiger partial charge on any atom is -0.390 e. The molecule has 0 saturated heterocycles. The molecule has 84 valence electrons. The number of aromatic nitrogens is 1. The summed E-state index contributed by atoms with van der Waals surface area (Å²) < 4.78 is 0.635. The largest absolute Gasteiger partial charge is 0.390 e. The molecule has 0 aliphatic heterocycles. The minimum absolute atomic E-state index is 0.130. The number of H-pyrrole nitrogens is 1. The van der Waals surface area contributed by atoms with Crippen LogP contribution in [0.5, 0.6) is 0 Å². The van der Waals surface area contributed by atoms with Crippen LogP contribution in [0.25, 0.3) is 0 Å². The average molecular weight is 277 g/mol. The molecule has 0 bridgehead atoms. The van der Waals surface area contributed by atoms with Crippen molar-refractivity contribution in [1.29, 1.82) is 0 Å². The lowest BCUT2D eigenvalue weighted by Crippen LogP contribution is -2.27. The highest BCUT2D eigenvalue weighted by Crippen LogP contribution is 2.17. The molecule has 0 radical (unpaired) electrons. The van der Waals surface area contributed by atoms with E-state index in [1.54, 1.807) is 0 Å². The summed E-state index contributed by atoms with van der Waals surface area (Å²) in [6.07, 6.45) is -0.527. The number of nitrogens with one attached hydrogen (secondary N) is 1. The number of aliphatic hydroxyl groups is 2. The number of hydrogen-bond acceptors (Lipinski definition) is 4. The zero-order valence-corrected chi connectivity index (χ0v) is 9.57. The van der Waals surface area contributed by atoms with Crippen LogP contribution < -0.4 is 11.3 Å². The van der Waals surface area contributed by atoms with E-state index in [2.05, 4.69) is 20.9 Å². The highest BCUT2D eigenvalue weighted by Gasteiger charge is 2.20. The fourth-order valence-electron chi connectivity index (χ4n) is 1.23. The van der Waals surface area contributed by atoms with Gasteiger partial charge in [-0.1, -0.05) is 0 Å². The lowest BCUT2D eigenvalue weighted by molar-refractivity contribution is 0.0141. The van der Waals surface area contributed by atoms with Crippen molar-refractivity contribution in [2.75, 3.05) is 6.54 Å². The number of aromatic amines is 1. The Bertz CT molecular complexity index is 380. The van der Waals surface area contributed by atoms with E-state index in [0.717, 1.165) is 0 Å². The van der Waals surface area contributed by atoms with Gasteiger partial charge in [0.25, 0.3) is 5.56 Å². The Kier molecular flexibility index (Phi) is 4.46. The number of aliphatic hydroxyl groups excluding tert-OH is 2. The van der Waals surface area contributed by atoms with Crippen molar-refractivity contribution in [3.63, 3.8) is 0 Å². The van der Waals surface area contributed by atoms with Gasteiger partial charge in [0.2, 0.25) is 0 Å². The molecule has 2 atom stereocenters. The Morgan fingerprint density at radius 2 is 2.20 bits per heavy atom. The van der Waals surface area contributed by atoms with Crippen molar-refractivity contribution in [3.05, 3.63) is 32.7 Å². The highest BCUT2D eigenvalue weighted by atomic mass is 79.9. The first-order valence-corrected chi connectivity index (χ1v) is 5.30. The van der Waals surface area contributed by atoms with Gasteiger partial charge in [0.05, 0.1) is 6.10 Å². The zero-order valence-electron chi connectivity index (χ0n) is 7.98. The first-order valence-electron chi connectivity index (χ1n) is 4.50. The quantitative estimate of drug-likeness (QED) is 0.616. The predicted molar refractivity (Wildman–Crippen MR) is 59.4 cm³/mol. The van der Waals surface area contributed by atoms with Crippen molar-refractivity contribution >= 4 is 15.9 Å². The molecular formula is C9H13BrN2O3. The van der Waals surface area contributed by atoms with Crippen LogP contribution in [0.4, 0.5) is 0 Å². The third-order valence-electron chi connectivity index (χ3n) is 2.04. The molecular weight excluding hydrogens is 264 g/mol. The zero-order chi connectivity index (χ0) is 11.4. The molecule has 1 heterocycles. The third kappa shape index (κ3) is 3.13. The number of rotatable bonds is 4. The van der Waals surface area contributed by atoms with Crippen molar-refractivity contribution < 1.29 is 10.2 Å². The molecule has 5 nitrogen and oxygen atoms in total. The van der Waals surface area contributed by atoms with Crippen molar-refractivity contribution in [3.8, 4) is 0 Å². The number of halogens is 1. The van der Waals surface area contributed by atoms with E-state index >= 15 is 0 Å². The fourth-order valence-corrected chi connectivity index (χ4v) is 1.59. The molecule has 0 spiro atoms. The van der Waals surface area contributed by atoms with Crippen molar-refractivity contribution in [1.82, 2.24) is 4.98 Å². The van der Waals surface area contributed by atoms with E-state index in [1.807, 2.05) is 0 Å². The molecule has 1 aromatic heterocycles. The Morgan fingerprint density at radius 3 is 2.80 bits per heavy atom. The third-order valence-corrected chi connectivity index (χ3v) is 2.50. The summed E-state index contributed by atoms with van der Waals surface area (Å²) in [5.41, 5.74) is 4.96. The molecule has 0 amide bonds. The number of hydrogen-bond donors (Lipinski definition) is 4. The topological polar surface area (TPSA) is 99.3 Å². The van der Waals surface area contributed by atoms with Crippen LogP contribution in [-0.4, -0.2) is 27.8 Å². The van der Waals surface area contributed by atoms with Gasteiger partial charge in [0.15, 0.2) is 0 Å². The summed E-state index contributed by atoms with van der Waals surface area (Å²) in [6, 6.07) is 1.48. The summed E-state index contributed by atoms with van der Waals surface area (Å²) >= 11 is 3.17. The second-order valence-corrected chi connectivity index (χ2v) is 4.11. The molecule has 2 unspecified atom stereocenters. The van der Waals surface area contributed by atoms with Crippen LogP contribution >= 0.6 is 15.9 Å². The van der Waals surface area contributed by atoms with Crippen LogP contribution in [0.2, 0.25) is 0 Å². The Labute approximate surface area is 95.1 Å². The summed E-state index contributed by atoms with van der Waals surface area (Å²) in [7, 11) is 0. The first-order chi connectivity index (χ1) is 7.06. The van der Waals surface area contributed by atoms with E-state index in [9.17, 15) is 15.0 Å². The molecule has 0 aliphatic rings. The van der Waals surface area contributed by atoms with E-state index in [-0.39, 0.29) is 18.5 Å². The molecule has 6 heteroatoms. The van der Waals surface area contributed by atoms with E-state index in [0.29, 0.717) is 4.47 Å². The molecule has 0 saturated carbocycles. The standard InChI is InChI=1S/C9H13BrN2O3/c10-5-3-6(9(15)12-4-5)8(14)7(13)1-2-11/h3-4,7-8,13-14H,1-2,11H2,(H,12,15). The van der Waals surface area contributed by atoms with Crippen LogP contribution in [0.15, 0.2) is 21.5 Å². The van der Waals surface area contributed by atoms with Gasteiger partial charge in [-0.25, -0.2) is 0 Å². The van der Waals surface area contributed by atoms with Gasteiger partial charge in [-0.2, -0.15) is 0 Å². The molecule has 0 aliphatic carbocycles. The summed E-state index contributed by atoms with van der Waals surface area (Å²) in [6.45, 7) is 0.254. The molecule has 0 fully saturated rings. The van der Waals surface area contributed by atoms with Gasteiger partial charge < -0.3 is 20.9 Å². The Morgan fingerprint density at radius 1 is 1.53 bits per heavy atom. The normalized spacial score (nSPS) is 14.9. The second kappa shape index (κ2) is 5.41. The van der Waals surface area contributed by atoms with Crippen LogP contribution in [-0.2, 0) is 0 Å². The maximum Gasteiger partial charge on any atom is 0.253 e. The number of nitrogens with two attached hydrogens (primary N) is 1. The van der Waals surface area contributed by atoms with Gasteiger partial charge in [0, 0.05) is 16.2 Å². The van der Waals surface area contributed by atoms with Crippen LogP contribution in [0.1, 0.15) is 18.1 Å². The Balaban J connectivity index is 2.94. The average Bonchev–Trinajstić information content (AvgIpc) is 2.21. The molecule has 1 aromatic rings. The van der Waals surface area contributed by atoms with Gasteiger partial charge >= 0.3 is 0 Å². The smallest absolute Gasteiger partial charge is 0.253 e. The minimum atomic E-state index is -1.21. The molecule has 1 rings (SSSR count). The number of pyridine rings is 1. The Hall–Kier alpha value is -0.690. The van der Waals surface area contributed by atoms with Crippen LogP contribution in [0, 0.1) is 0 Å². The van der Waals surface area contributed by atoms with Crippen molar-refractivity contribution in [2.45, 2.75) is 18.6 Å². The second-order valence-electron chi connectivity index (χ2n) is 3.19. The summed E-state index contributed by atoms with van der Waals surface area (Å²) in [5, 5.41) is 19.2. The SMILES string of the molecule is NCCC(O)C(O)c1cc(Br)c[nH]c1=O. The first kappa shape index (κ1) is 12.4. The van der Waals surface area contributed by atoms with Crippen LogP contribution in [0.3, 0.4) is 0 Å². The van der Waals surface area contributed by atoms with E-state index < -0.39 is 17.8 Å². The monoisotopic (exact) mass is 276 g/mol. The van der Waals surface area contributed by atoms with E-state index in [4.69, 9.17) is 5.73 Å². The molecule has 5 N–H and O–H groups in total. The summed E-state index contributed by atoms with van der Waals surface area (Å²) in [4.78, 5) is 13.8. The highest BCUT2D eigenvalue weighted by molar-refractivity contribution is 9.10. The maximum absolute atomic E-state index is 11.3. The van der Waals surface area contributed by atoms with Gasteiger partial charge in [0.1, 0.15) is 6.10 Å². The molecule has 15 heavy (non-hydrogen) atoms. The summed E-state index contributed by atoms with van der Waals surface area (Å²) in [5.74, 6) is 0. The predicted octanol–water partition coefficient (Wildman–Crippen LogP) is -0.119.